The summed E-state index contributed by atoms with van der Waals surface area (Å²) in [6, 6.07) is 4.30. The number of unbranched alkanes of at least 4 members (excludes halogenated alkanes) is 2. The van der Waals surface area contributed by atoms with Gasteiger partial charge in [0.15, 0.2) is 5.13 Å². The van der Waals surface area contributed by atoms with Gasteiger partial charge in [-0.1, -0.05) is 19.8 Å². The van der Waals surface area contributed by atoms with Crippen LogP contribution in [0.2, 0.25) is 0 Å². The van der Waals surface area contributed by atoms with Crippen LogP contribution in [0.5, 0.6) is 5.75 Å². The molecule has 0 amide bonds. The Kier molecular flexibility index (Phi) is 9.58. The van der Waals surface area contributed by atoms with E-state index in [4.69, 9.17) is 9.53 Å². The second-order valence-corrected chi connectivity index (χ2v) is 7.71. The number of hydrogen-bond donors (Lipinski definition) is 2. The summed E-state index contributed by atoms with van der Waals surface area (Å²) in [5.74, 6) is -0.126. The molecule has 2 heterocycles. The standard InChI is InChI=1S/C19H24F3N3OS.C2H4O/c1-2-3-4-10-26-17-8-7-13(11-14(17)19(20,21)22)24-18-25-16(12-27-18)15-6-5-9-23-15;1-2-3/h7-8,11-12,15,23H,2-6,9-10H2,1H3,(H,24,25);2H,1H3. The summed E-state index contributed by atoms with van der Waals surface area (Å²) in [5, 5.41) is 8.89. The summed E-state index contributed by atoms with van der Waals surface area (Å²) in [6.07, 6.45) is 1.09. The molecule has 3 rings (SSSR count). The molecule has 1 fully saturated rings. The first-order valence-electron chi connectivity index (χ1n) is 10.1. The maximum atomic E-state index is 13.4. The first-order chi connectivity index (χ1) is 14.4. The number of nitrogens with one attached hydrogen (secondary N) is 2. The summed E-state index contributed by atoms with van der Waals surface area (Å²) in [4.78, 5) is 13.3. The molecule has 0 aliphatic carbocycles. The third kappa shape index (κ3) is 7.28. The highest BCUT2D eigenvalue weighted by molar-refractivity contribution is 7.13. The van der Waals surface area contributed by atoms with Gasteiger partial charge in [-0.05, 0) is 50.9 Å². The number of rotatable bonds is 8. The molecule has 1 saturated heterocycles. The molecule has 0 spiro atoms. The molecular formula is C21H28F3N3O2S. The average molecular weight is 444 g/mol. The highest BCUT2D eigenvalue weighted by atomic mass is 32.1. The smallest absolute Gasteiger partial charge is 0.420 e. The van der Waals surface area contributed by atoms with Crippen molar-refractivity contribution in [2.75, 3.05) is 18.5 Å². The van der Waals surface area contributed by atoms with E-state index in [1.54, 1.807) is 6.07 Å². The van der Waals surface area contributed by atoms with Crippen molar-refractivity contribution < 1.29 is 22.7 Å². The van der Waals surface area contributed by atoms with Gasteiger partial charge in [-0.2, -0.15) is 13.2 Å². The van der Waals surface area contributed by atoms with E-state index in [0.717, 1.165) is 56.7 Å². The second-order valence-electron chi connectivity index (χ2n) is 6.85. The van der Waals surface area contributed by atoms with Gasteiger partial charge in [-0.3, -0.25) is 0 Å². The van der Waals surface area contributed by atoms with Gasteiger partial charge in [-0.15, -0.1) is 11.3 Å². The molecule has 0 radical (unpaired) electrons. The summed E-state index contributed by atoms with van der Waals surface area (Å²) in [5.41, 5.74) is 0.522. The minimum Gasteiger partial charge on any atom is -0.493 e. The summed E-state index contributed by atoms with van der Waals surface area (Å²) >= 11 is 1.39. The predicted molar refractivity (Wildman–Crippen MR) is 114 cm³/mol. The third-order valence-corrected chi connectivity index (χ3v) is 5.26. The van der Waals surface area contributed by atoms with Crippen molar-refractivity contribution in [3.8, 4) is 5.75 Å². The Labute approximate surface area is 179 Å². The van der Waals surface area contributed by atoms with Crippen LogP contribution in [0.25, 0.3) is 0 Å². The molecular weight excluding hydrogens is 415 g/mol. The van der Waals surface area contributed by atoms with E-state index >= 15 is 0 Å². The number of halogens is 3. The van der Waals surface area contributed by atoms with E-state index in [2.05, 4.69) is 15.6 Å². The Balaban J connectivity index is 0.00000101. The lowest BCUT2D eigenvalue weighted by molar-refractivity contribution is -0.138. The van der Waals surface area contributed by atoms with Gasteiger partial charge >= 0.3 is 6.18 Å². The molecule has 1 unspecified atom stereocenters. The molecule has 5 nitrogen and oxygen atoms in total. The highest BCUT2D eigenvalue weighted by Gasteiger charge is 2.34. The number of aromatic nitrogens is 1. The molecule has 9 heteroatoms. The van der Waals surface area contributed by atoms with Crippen LogP contribution in [0.15, 0.2) is 23.6 Å². The Morgan fingerprint density at radius 3 is 2.77 bits per heavy atom. The number of ether oxygens (including phenoxy) is 1. The molecule has 2 N–H and O–H groups in total. The van der Waals surface area contributed by atoms with Crippen molar-refractivity contribution in [2.24, 2.45) is 0 Å². The van der Waals surface area contributed by atoms with Crippen LogP contribution in [-0.2, 0) is 11.0 Å². The second kappa shape index (κ2) is 11.9. The van der Waals surface area contributed by atoms with Crippen molar-refractivity contribution in [1.29, 1.82) is 0 Å². The molecule has 1 aromatic carbocycles. The molecule has 2 aromatic rings. The van der Waals surface area contributed by atoms with Crippen LogP contribution in [0.4, 0.5) is 24.0 Å². The Morgan fingerprint density at radius 1 is 1.37 bits per heavy atom. The lowest BCUT2D eigenvalue weighted by Crippen LogP contribution is -2.13. The Hall–Kier alpha value is -2.13. The molecule has 0 saturated carbocycles. The predicted octanol–water partition coefficient (Wildman–Crippen LogP) is 6.10. The van der Waals surface area contributed by atoms with Crippen molar-refractivity contribution in [1.82, 2.24) is 10.3 Å². The van der Waals surface area contributed by atoms with Crippen molar-refractivity contribution in [3.05, 3.63) is 34.8 Å². The number of carbonyl (C=O) groups is 1. The zero-order chi connectivity index (χ0) is 22.0. The Morgan fingerprint density at radius 2 is 2.13 bits per heavy atom. The van der Waals surface area contributed by atoms with Gasteiger partial charge in [-0.25, -0.2) is 4.98 Å². The van der Waals surface area contributed by atoms with E-state index in [0.29, 0.717) is 10.8 Å². The van der Waals surface area contributed by atoms with Gasteiger partial charge in [0, 0.05) is 11.1 Å². The van der Waals surface area contributed by atoms with Gasteiger partial charge in [0.25, 0.3) is 0 Å². The SMILES string of the molecule is CC=O.CCCCCOc1ccc(Nc2nc(C3CCCN3)cs2)cc1C(F)(F)F. The number of aldehydes is 1. The van der Waals surface area contributed by atoms with E-state index in [9.17, 15) is 13.2 Å². The maximum absolute atomic E-state index is 13.4. The van der Waals surface area contributed by atoms with Gasteiger partial charge in [0.2, 0.25) is 0 Å². The molecule has 30 heavy (non-hydrogen) atoms. The maximum Gasteiger partial charge on any atom is 0.420 e. The van der Waals surface area contributed by atoms with Crippen LogP contribution in [0.1, 0.15) is 63.3 Å². The molecule has 166 valence electrons. The van der Waals surface area contributed by atoms with Crippen LogP contribution >= 0.6 is 11.3 Å². The largest absolute Gasteiger partial charge is 0.493 e. The molecule has 1 atom stereocenters. The van der Waals surface area contributed by atoms with E-state index in [1.165, 1.54) is 24.3 Å². The number of hydrogen-bond acceptors (Lipinski definition) is 6. The van der Waals surface area contributed by atoms with Crippen molar-refractivity contribution >= 4 is 28.4 Å². The number of anilines is 2. The molecule has 0 bridgehead atoms. The topological polar surface area (TPSA) is 63.2 Å². The number of carbonyl (C=O) groups excluding carboxylic acids is 1. The van der Waals surface area contributed by atoms with Crippen LogP contribution in [-0.4, -0.2) is 24.4 Å². The monoisotopic (exact) mass is 443 g/mol. The minimum atomic E-state index is -4.47. The van der Waals surface area contributed by atoms with Crippen molar-refractivity contribution in [2.45, 2.75) is 58.2 Å². The summed E-state index contributed by atoms with van der Waals surface area (Å²) in [6.45, 7) is 4.74. The van der Waals surface area contributed by atoms with E-state index < -0.39 is 11.7 Å². The van der Waals surface area contributed by atoms with Crippen LogP contribution in [0, 0.1) is 0 Å². The third-order valence-electron chi connectivity index (χ3n) is 4.48. The van der Waals surface area contributed by atoms with Crippen LogP contribution in [0.3, 0.4) is 0 Å². The molecule has 1 aliphatic heterocycles. The quantitative estimate of drug-likeness (QED) is 0.381. The zero-order valence-corrected chi connectivity index (χ0v) is 18.0. The van der Waals surface area contributed by atoms with Gasteiger partial charge in [0.05, 0.1) is 23.9 Å². The number of thiazole rings is 1. The lowest BCUT2D eigenvalue weighted by Gasteiger charge is -2.15. The van der Waals surface area contributed by atoms with Crippen molar-refractivity contribution in [3.63, 3.8) is 0 Å². The fourth-order valence-electron chi connectivity index (χ4n) is 3.05. The lowest BCUT2D eigenvalue weighted by atomic mass is 10.1. The number of alkyl halides is 3. The van der Waals surface area contributed by atoms with Gasteiger partial charge < -0.3 is 20.2 Å². The normalized spacial score (nSPS) is 16.0. The number of nitrogens with zero attached hydrogens (tertiary/aromatic N) is 1. The van der Waals surface area contributed by atoms with Gasteiger partial charge in [0.1, 0.15) is 12.0 Å². The fourth-order valence-corrected chi connectivity index (χ4v) is 3.84. The summed E-state index contributed by atoms with van der Waals surface area (Å²) in [7, 11) is 0. The van der Waals surface area contributed by atoms with Crippen LogP contribution < -0.4 is 15.4 Å². The first kappa shape index (κ1) is 24.1. The van der Waals surface area contributed by atoms with E-state index in [-0.39, 0.29) is 18.4 Å². The Bertz CT molecular complexity index is 790. The fraction of sp³-hybridized carbons (Fsp3) is 0.524. The zero-order valence-electron chi connectivity index (χ0n) is 17.2. The average Bonchev–Trinajstić information content (AvgIpc) is 3.38. The minimum absolute atomic E-state index is 0.126. The first-order valence-corrected chi connectivity index (χ1v) is 11.0. The molecule has 1 aromatic heterocycles. The highest BCUT2D eigenvalue weighted by Crippen LogP contribution is 2.39. The number of benzene rings is 1. The molecule has 1 aliphatic rings. The van der Waals surface area contributed by atoms with E-state index in [1.807, 2.05) is 12.3 Å². The summed E-state index contributed by atoms with van der Waals surface area (Å²) < 4.78 is 45.6.